The number of esters is 1. The van der Waals surface area contributed by atoms with Crippen LogP contribution >= 0.6 is 0 Å². The highest BCUT2D eigenvalue weighted by Crippen LogP contribution is 2.22. The Hall–Kier alpha value is -3.34. The van der Waals surface area contributed by atoms with Gasteiger partial charge >= 0.3 is 5.97 Å². The molecule has 5 heteroatoms. The number of amides is 1. The Labute approximate surface area is 164 Å². The van der Waals surface area contributed by atoms with Gasteiger partial charge in [0.15, 0.2) is 6.10 Å². The molecule has 28 heavy (non-hydrogen) atoms. The van der Waals surface area contributed by atoms with E-state index in [0.717, 1.165) is 10.8 Å². The molecule has 0 aliphatic heterocycles. The molecule has 0 unspecified atom stereocenters. The van der Waals surface area contributed by atoms with E-state index in [0.29, 0.717) is 30.0 Å². The molecule has 3 rings (SSSR count). The molecule has 1 atom stereocenters. The van der Waals surface area contributed by atoms with Gasteiger partial charge in [0.05, 0.1) is 12.2 Å². The first-order valence-electron chi connectivity index (χ1n) is 9.34. The van der Waals surface area contributed by atoms with Crippen LogP contribution in [0.15, 0.2) is 66.7 Å². The van der Waals surface area contributed by atoms with Crippen molar-refractivity contribution >= 4 is 28.3 Å². The molecule has 0 heterocycles. The molecule has 0 bridgehead atoms. The van der Waals surface area contributed by atoms with Crippen LogP contribution in [0.1, 0.15) is 30.6 Å². The van der Waals surface area contributed by atoms with Crippen LogP contribution in [0.2, 0.25) is 0 Å². The molecule has 0 aromatic heterocycles. The maximum absolute atomic E-state index is 12.6. The molecule has 3 aromatic rings. The number of hydrogen-bond acceptors (Lipinski definition) is 4. The first kappa shape index (κ1) is 19.4. The molecular formula is C23H23NO4. The monoisotopic (exact) mass is 377 g/mol. The lowest BCUT2D eigenvalue weighted by Gasteiger charge is -2.18. The number of nitrogens with one attached hydrogen (secondary N) is 1. The number of ether oxygens (including phenoxy) is 2. The molecule has 1 amide bonds. The van der Waals surface area contributed by atoms with E-state index in [9.17, 15) is 9.59 Å². The Bertz CT molecular complexity index is 966. The minimum absolute atomic E-state index is 0.237. The summed E-state index contributed by atoms with van der Waals surface area (Å²) in [5.41, 5.74) is 1.04. The van der Waals surface area contributed by atoms with Crippen molar-refractivity contribution in [3.8, 4) is 5.75 Å². The third-order valence-electron chi connectivity index (χ3n) is 4.33. The second-order valence-electron chi connectivity index (χ2n) is 6.31. The van der Waals surface area contributed by atoms with Gasteiger partial charge < -0.3 is 14.8 Å². The maximum atomic E-state index is 12.6. The zero-order valence-electron chi connectivity index (χ0n) is 16.0. The van der Waals surface area contributed by atoms with E-state index < -0.39 is 6.10 Å². The summed E-state index contributed by atoms with van der Waals surface area (Å²) in [6.07, 6.45) is -0.0922. The molecule has 5 nitrogen and oxygen atoms in total. The molecule has 1 N–H and O–H groups in total. The largest absolute Gasteiger partial charge is 0.481 e. The van der Waals surface area contributed by atoms with Gasteiger partial charge in [-0.05, 0) is 60.5 Å². The van der Waals surface area contributed by atoms with E-state index in [1.807, 2.05) is 49.4 Å². The number of anilines is 1. The zero-order chi connectivity index (χ0) is 19.9. The van der Waals surface area contributed by atoms with Gasteiger partial charge in [0.2, 0.25) is 0 Å². The van der Waals surface area contributed by atoms with Crippen LogP contribution in [0.25, 0.3) is 10.8 Å². The Morgan fingerprint density at radius 1 is 0.929 bits per heavy atom. The number of hydrogen-bond donors (Lipinski definition) is 1. The van der Waals surface area contributed by atoms with Crippen LogP contribution in [0, 0.1) is 0 Å². The van der Waals surface area contributed by atoms with Crippen LogP contribution < -0.4 is 10.1 Å². The second-order valence-corrected chi connectivity index (χ2v) is 6.31. The van der Waals surface area contributed by atoms with Crippen LogP contribution in [0.3, 0.4) is 0 Å². The lowest BCUT2D eigenvalue weighted by molar-refractivity contribution is -0.122. The van der Waals surface area contributed by atoms with Gasteiger partial charge in [0, 0.05) is 5.69 Å². The summed E-state index contributed by atoms with van der Waals surface area (Å²) in [4.78, 5) is 24.3. The van der Waals surface area contributed by atoms with E-state index in [1.165, 1.54) is 0 Å². The summed E-state index contributed by atoms with van der Waals surface area (Å²) < 4.78 is 10.9. The summed E-state index contributed by atoms with van der Waals surface area (Å²) in [5.74, 6) is 0.0318. The molecule has 3 aromatic carbocycles. The smallest absolute Gasteiger partial charge is 0.338 e. The first-order valence-corrected chi connectivity index (χ1v) is 9.34. The number of benzene rings is 3. The van der Waals surface area contributed by atoms with Gasteiger partial charge in [-0.15, -0.1) is 0 Å². The van der Waals surface area contributed by atoms with E-state index in [1.54, 1.807) is 31.2 Å². The summed E-state index contributed by atoms with van der Waals surface area (Å²) in [7, 11) is 0. The van der Waals surface area contributed by atoms with Crippen molar-refractivity contribution in [3.63, 3.8) is 0 Å². The molecule has 0 fully saturated rings. The van der Waals surface area contributed by atoms with E-state index >= 15 is 0 Å². The standard InChI is InChI=1S/C23H23NO4/c1-3-21(28-20-14-11-16-7-5-6-8-18(16)15-20)22(25)24-19-12-9-17(10-13-19)23(26)27-4-2/h5-15,21H,3-4H2,1-2H3,(H,24,25)/t21-/m0/s1. The molecule has 0 spiro atoms. The topological polar surface area (TPSA) is 64.6 Å². The number of fused-ring (bicyclic) bond motifs is 1. The van der Waals surface area contributed by atoms with Gasteiger partial charge in [0.1, 0.15) is 5.75 Å². The van der Waals surface area contributed by atoms with Crippen molar-refractivity contribution in [2.75, 3.05) is 11.9 Å². The van der Waals surface area contributed by atoms with Crippen molar-refractivity contribution in [1.82, 2.24) is 0 Å². The summed E-state index contributed by atoms with van der Waals surface area (Å²) in [6.45, 7) is 3.98. The van der Waals surface area contributed by atoms with Crippen molar-refractivity contribution < 1.29 is 19.1 Å². The Kier molecular flexibility index (Phi) is 6.27. The molecule has 0 saturated heterocycles. The van der Waals surface area contributed by atoms with Gasteiger partial charge in [-0.2, -0.15) is 0 Å². The van der Waals surface area contributed by atoms with Crippen molar-refractivity contribution in [2.45, 2.75) is 26.4 Å². The van der Waals surface area contributed by atoms with Gasteiger partial charge in [-0.25, -0.2) is 4.79 Å². The molecule has 0 aliphatic carbocycles. The molecule has 0 saturated carbocycles. The molecular weight excluding hydrogens is 354 g/mol. The van der Waals surface area contributed by atoms with Crippen LogP contribution in [-0.2, 0) is 9.53 Å². The van der Waals surface area contributed by atoms with E-state index in [2.05, 4.69) is 5.32 Å². The Morgan fingerprint density at radius 3 is 2.32 bits per heavy atom. The van der Waals surface area contributed by atoms with E-state index in [4.69, 9.17) is 9.47 Å². The predicted octanol–water partition coefficient (Wildman–Crippen LogP) is 4.81. The maximum Gasteiger partial charge on any atom is 0.338 e. The summed E-state index contributed by atoms with van der Waals surface area (Å²) >= 11 is 0. The number of carbonyl (C=O) groups excluding carboxylic acids is 2. The van der Waals surface area contributed by atoms with Crippen LogP contribution in [0.4, 0.5) is 5.69 Å². The summed E-state index contributed by atoms with van der Waals surface area (Å²) in [5, 5.41) is 5.01. The highest BCUT2D eigenvalue weighted by atomic mass is 16.5. The van der Waals surface area contributed by atoms with Crippen molar-refractivity contribution in [2.24, 2.45) is 0 Å². The predicted molar refractivity (Wildman–Crippen MR) is 110 cm³/mol. The number of carbonyl (C=O) groups is 2. The van der Waals surface area contributed by atoms with Gasteiger partial charge in [-0.3, -0.25) is 4.79 Å². The van der Waals surface area contributed by atoms with Crippen molar-refractivity contribution in [1.29, 1.82) is 0 Å². The minimum atomic E-state index is -0.620. The highest BCUT2D eigenvalue weighted by Gasteiger charge is 2.19. The zero-order valence-corrected chi connectivity index (χ0v) is 16.0. The minimum Gasteiger partial charge on any atom is -0.481 e. The van der Waals surface area contributed by atoms with Gasteiger partial charge in [-0.1, -0.05) is 37.3 Å². The average Bonchev–Trinajstić information content (AvgIpc) is 2.72. The first-order chi connectivity index (χ1) is 13.6. The highest BCUT2D eigenvalue weighted by molar-refractivity contribution is 5.95. The second kappa shape index (κ2) is 9.04. The van der Waals surface area contributed by atoms with Crippen molar-refractivity contribution in [3.05, 3.63) is 72.3 Å². The SMILES string of the molecule is CCOC(=O)c1ccc(NC(=O)[C@H](CC)Oc2ccc3ccccc3c2)cc1. The fourth-order valence-corrected chi connectivity index (χ4v) is 2.85. The lowest BCUT2D eigenvalue weighted by atomic mass is 10.1. The normalized spacial score (nSPS) is 11.6. The van der Waals surface area contributed by atoms with Gasteiger partial charge in [0.25, 0.3) is 5.91 Å². The van der Waals surface area contributed by atoms with Crippen LogP contribution in [0.5, 0.6) is 5.75 Å². The Morgan fingerprint density at radius 2 is 1.64 bits per heavy atom. The number of rotatable bonds is 7. The molecule has 0 aliphatic rings. The lowest BCUT2D eigenvalue weighted by Crippen LogP contribution is -2.32. The van der Waals surface area contributed by atoms with E-state index in [-0.39, 0.29) is 11.9 Å². The molecule has 0 radical (unpaired) electrons. The fourth-order valence-electron chi connectivity index (χ4n) is 2.85. The summed E-state index contributed by atoms with van der Waals surface area (Å²) in [6, 6.07) is 20.4. The fraction of sp³-hybridized carbons (Fsp3) is 0.217. The Balaban J connectivity index is 1.66. The molecule has 144 valence electrons. The van der Waals surface area contributed by atoms with Crippen LogP contribution in [-0.4, -0.2) is 24.6 Å². The third-order valence-corrected chi connectivity index (χ3v) is 4.33. The average molecular weight is 377 g/mol. The third kappa shape index (κ3) is 4.68. The quantitative estimate of drug-likeness (QED) is 0.600.